The number of anilines is 1. The fraction of sp³-hybridized carbons (Fsp3) is 0.133. The van der Waals surface area contributed by atoms with Crippen LogP contribution >= 0.6 is 15.9 Å². The van der Waals surface area contributed by atoms with Gasteiger partial charge in [-0.1, -0.05) is 22.0 Å². The van der Waals surface area contributed by atoms with Gasteiger partial charge >= 0.3 is 0 Å². The molecule has 0 saturated carbocycles. The van der Waals surface area contributed by atoms with Crippen molar-refractivity contribution >= 4 is 37.5 Å². The molecule has 0 saturated heterocycles. The number of benzene rings is 2. The highest BCUT2D eigenvalue weighted by Crippen LogP contribution is 2.29. The third-order valence-electron chi connectivity index (χ3n) is 2.89. The van der Waals surface area contributed by atoms with Gasteiger partial charge in [0.25, 0.3) is 10.0 Å². The minimum Gasteiger partial charge on any atom is -0.492 e. The third kappa shape index (κ3) is 4.23. The van der Waals surface area contributed by atoms with Crippen molar-refractivity contribution in [2.45, 2.75) is 11.8 Å². The summed E-state index contributed by atoms with van der Waals surface area (Å²) in [5.41, 5.74) is 5.65. The molecule has 0 fully saturated rings. The van der Waals surface area contributed by atoms with Gasteiger partial charge in [0.2, 0.25) is 5.91 Å². The quantitative estimate of drug-likeness (QED) is 0.781. The lowest BCUT2D eigenvalue weighted by Gasteiger charge is -2.13. The molecule has 0 aromatic heterocycles. The summed E-state index contributed by atoms with van der Waals surface area (Å²) in [7, 11) is -3.89. The summed E-state index contributed by atoms with van der Waals surface area (Å²) in [5.74, 6) is -0.391. The maximum atomic E-state index is 12.6. The Hall–Kier alpha value is -2.06. The largest absolute Gasteiger partial charge is 0.492 e. The average Bonchev–Trinajstić information content (AvgIpc) is 2.49. The van der Waals surface area contributed by atoms with Gasteiger partial charge in [0.1, 0.15) is 10.6 Å². The molecular formula is C15H15BrN2O4S. The monoisotopic (exact) mass is 398 g/mol. The number of halogens is 1. The summed E-state index contributed by atoms with van der Waals surface area (Å²) >= 11 is 3.25. The van der Waals surface area contributed by atoms with E-state index in [0.717, 1.165) is 0 Å². The zero-order chi connectivity index (χ0) is 17.0. The molecule has 2 rings (SSSR count). The van der Waals surface area contributed by atoms with Crippen LogP contribution < -0.4 is 15.2 Å². The van der Waals surface area contributed by atoms with Crippen LogP contribution in [-0.2, 0) is 10.0 Å². The van der Waals surface area contributed by atoms with Crippen molar-refractivity contribution in [1.29, 1.82) is 0 Å². The zero-order valence-corrected chi connectivity index (χ0v) is 14.6. The molecule has 0 aliphatic carbocycles. The van der Waals surface area contributed by atoms with Crippen molar-refractivity contribution in [3.8, 4) is 5.75 Å². The van der Waals surface area contributed by atoms with Gasteiger partial charge < -0.3 is 10.5 Å². The lowest BCUT2D eigenvalue weighted by atomic mass is 10.2. The summed E-state index contributed by atoms with van der Waals surface area (Å²) in [5, 5.41) is 0. The zero-order valence-electron chi connectivity index (χ0n) is 12.2. The second-order valence-corrected chi connectivity index (χ2v) is 7.14. The van der Waals surface area contributed by atoms with Gasteiger partial charge in [0.05, 0.1) is 6.61 Å². The van der Waals surface area contributed by atoms with Crippen LogP contribution in [-0.4, -0.2) is 20.9 Å². The normalized spacial score (nSPS) is 11.0. The Morgan fingerprint density at radius 1 is 1.26 bits per heavy atom. The average molecular weight is 399 g/mol. The third-order valence-corrected chi connectivity index (χ3v) is 4.79. The van der Waals surface area contributed by atoms with Gasteiger partial charge in [-0.3, -0.25) is 9.52 Å². The molecule has 0 atom stereocenters. The fourth-order valence-electron chi connectivity index (χ4n) is 1.91. The number of carbonyl (C=O) groups excluding carboxylic acids is 1. The van der Waals surface area contributed by atoms with Gasteiger partial charge in [-0.25, -0.2) is 8.42 Å². The predicted octanol–water partition coefficient (Wildman–Crippen LogP) is 2.75. The minimum atomic E-state index is -3.89. The van der Waals surface area contributed by atoms with Gasteiger partial charge in [0, 0.05) is 15.7 Å². The standard InChI is InChI=1S/C15H15BrN2O4S/c1-2-22-13-7-6-11(16)9-14(13)23(20,21)18-12-5-3-4-10(8-12)15(17)19/h3-9,18H,2H2,1H3,(H2,17,19). The molecular weight excluding hydrogens is 384 g/mol. The Bertz CT molecular complexity index is 837. The van der Waals surface area contributed by atoms with Crippen LogP contribution in [0.2, 0.25) is 0 Å². The number of amides is 1. The molecule has 1 amide bonds. The molecule has 8 heteroatoms. The molecule has 3 N–H and O–H groups in total. The van der Waals surface area contributed by atoms with E-state index in [1.54, 1.807) is 25.1 Å². The SMILES string of the molecule is CCOc1ccc(Br)cc1S(=O)(=O)Nc1cccc(C(N)=O)c1. The van der Waals surface area contributed by atoms with E-state index in [1.165, 1.54) is 24.3 Å². The van der Waals surface area contributed by atoms with E-state index >= 15 is 0 Å². The first kappa shape index (κ1) is 17.3. The topological polar surface area (TPSA) is 98.5 Å². The lowest BCUT2D eigenvalue weighted by molar-refractivity contribution is 0.100. The lowest BCUT2D eigenvalue weighted by Crippen LogP contribution is -2.16. The highest BCUT2D eigenvalue weighted by molar-refractivity contribution is 9.10. The number of carbonyl (C=O) groups is 1. The Morgan fingerprint density at radius 3 is 2.65 bits per heavy atom. The number of nitrogens with two attached hydrogens (primary N) is 1. The number of nitrogens with one attached hydrogen (secondary N) is 1. The molecule has 2 aromatic rings. The highest BCUT2D eigenvalue weighted by atomic mass is 79.9. The minimum absolute atomic E-state index is 0.00166. The van der Waals surface area contributed by atoms with Gasteiger partial charge in [0.15, 0.2) is 0 Å². The Morgan fingerprint density at radius 2 is 2.00 bits per heavy atom. The molecule has 23 heavy (non-hydrogen) atoms. The van der Waals surface area contributed by atoms with Crippen molar-refractivity contribution in [3.05, 3.63) is 52.5 Å². The molecule has 122 valence electrons. The Labute approximate surface area is 142 Å². The Kier molecular flexibility index (Phi) is 5.27. The maximum Gasteiger partial charge on any atom is 0.265 e. The van der Waals surface area contributed by atoms with Crippen LogP contribution in [0, 0.1) is 0 Å². The van der Waals surface area contributed by atoms with Crippen LogP contribution in [0.4, 0.5) is 5.69 Å². The second-order valence-electron chi connectivity index (χ2n) is 4.57. The first-order valence-corrected chi connectivity index (χ1v) is 8.96. The van der Waals surface area contributed by atoms with E-state index in [4.69, 9.17) is 10.5 Å². The Balaban J connectivity index is 2.41. The maximum absolute atomic E-state index is 12.6. The summed E-state index contributed by atoms with van der Waals surface area (Å²) < 4.78 is 33.6. The molecule has 0 radical (unpaired) electrons. The van der Waals surface area contributed by atoms with E-state index in [0.29, 0.717) is 11.1 Å². The van der Waals surface area contributed by atoms with Crippen LogP contribution in [0.25, 0.3) is 0 Å². The summed E-state index contributed by atoms with van der Waals surface area (Å²) in [4.78, 5) is 11.2. The molecule has 0 spiro atoms. The number of hydrogen-bond donors (Lipinski definition) is 2. The molecule has 0 aliphatic heterocycles. The van der Waals surface area contributed by atoms with E-state index < -0.39 is 15.9 Å². The van der Waals surface area contributed by atoms with Crippen molar-refractivity contribution < 1.29 is 17.9 Å². The van der Waals surface area contributed by atoms with Crippen molar-refractivity contribution in [3.63, 3.8) is 0 Å². The number of primary amides is 1. The van der Waals surface area contributed by atoms with Crippen molar-refractivity contribution in [1.82, 2.24) is 0 Å². The summed E-state index contributed by atoms with van der Waals surface area (Å²) in [6.45, 7) is 2.10. The number of rotatable bonds is 6. The summed E-state index contributed by atoms with van der Waals surface area (Å²) in [6.07, 6.45) is 0. The van der Waals surface area contributed by atoms with Crippen LogP contribution in [0.5, 0.6) is 5.75 Å². The first-order valence-electron chi connectivity index (χ1n) is 6.68. The summed E-state index contributed by atoms with van der Waals surface area (Å²) in [6, 6.07) is 10.7. The second kappa shape index (κ2) is 7.01. The van der Waals surface area contributed by atoms with Crippen LogP contribution in [0.1, 0.15) is 17.3 Å². The molecule has 0 aliphatic rings. The molecule has 2 aromatic carbocycles. The number of ether oxygens (including phenoxy) is 1. The fourth-order valence-corrected chi connectivity index (χ4v) is 3.65. The van der Waals surface area contributed by atoms with Crippen molar-refractivity contribution in [2.24, 2.45) is 5.73 Å². The van der Waals surface area contributed by atoms with E-state index in [-0.39, 0.29) is 21.9 Å². The van der Waals surface area contributed by atoms with E-state index in [9.17, 15) is 13.2 Å². The smallest absolute Gasteiger partial charge is 0.265 e. The number of sulfonamides is 1. The van der Waals surface area contributed by atoms with E-state index in [1.807, 2.05) is 0 Å². The number of hydrogen-bond acceptors (Lipinski definition) is 4. The molecule has 6 nitrogen and oxygen atoms in total. The predicted molar refractivity (Wildman–Crippen MR) is 91.1 cm³/mol. The molecule has 0 bridgehead atoms. The highest BCUT2D eigenvalue weighted by Gasteiger charge is 2.20. The van der Waals surface area contributed by atoms with Gasteiger partial charge in [-0.15, -0.1) is 0 Å². The van der Waals surface area contributed by atoms with Crippen LogP contribution in [0.3, 0.4) is 0 Å². The van der Waals surface area contributed by atoms with Crippen molar-refractivity contribution in [2.75, 3.05) is 11.3 Å². The molecule has 0 heterocycles. The van der Waals surface area contributed by atoms with Gasteiger partial charge in [-0.05, 0) is 43.3 Å². The molecule has 0 unspecified atom stereocenters. The first-order chi connectivity index (χ1) is 10.8. The van der Waals surface area contributed by atoms with Crippen LogP contribution in [0.15, 0.2) is 51.8 Å². The van der Waals surface area contributed by atoms with Gasteiger partial charge in [-0.2, -0.15) is 0 Å². The van der Waals surface area contributed by atoms with E-state index in [2.05, 4.69) is 20.7 Å².